The van der Waals surface area contributed by atoms with Gasteiger partial charge >= 0.3 is 5.97 Å². The summed E-state index contributed by atoms with van der Waals surface area (Å²) in [6.07, 6.45) is 1.35. The maximum absolute atomic E-state index is 11.7. The molecule has 138 valence electrons. The molecule has 3 N–H and O–H groups in total. The van der Waals surface area contributed by atoms with Gasteiger partial charge in [-0.25, -0.2) is 13.2 Å². The number of sulfone groups is 1. The summed E-state index contributed by atoms with van der Waals surface area (Å²) in [5.41, 5.74) is -1.20. The molecule has 0 saturated carbocycles. The molecule has 0 radical (unpaired) electrons. The fourth-order valence-electron chi connectivity index (χ4n) is 2.68. The van der Waals surface area contributed by atoms with Crippen LogP contribution in [0, 0.1) is 0 Å². The van der Waals surface area contributed by atoms with Gasteiger partial charge in [0, 0.05) is 11.8 Å². The van der Waals surface area contributed by atoms with Crippen LogP contribution in [0.15, 0.2) is 64.6 Å². The molecular weight excluding hydrogens is 356 g/mol. The fraction of sp³-hybridized carbons (Fsp3) is 0.222. The highest BCUT2D eigenvalue weighted by molar-refractivity contribution is 7.90. The van der Waals surface area contributed by atoms with Gasteiger partial charge in [-0.1, -0.05) is 37.3 Å². The molecular formula is C18H20N2O5S. The van der Waals surface area contributed by atoms with E-state index in [1.54, 1.807) is 37.3 Å². The Morgan fingerprint density at radius 3 is 2.15 bits per heavy atom. The van der Waals surface area contributed by atoms with Gasteiger partial charge in [0.25, 0.3) is 0 Å². The van der Waals surface area contributed by atoms with Crippen molar-refractivity contribution in [3.63, 3.8) is 0 Å². The zero-order valence-corrected chi connectivity index (χ0v) is 15.2. The van der Waals surface area contributed by atoms with Crippen LogP contribution in [-0.2, 0) is 20.2 Å². The Kier molecular flexibility index (Phi) is 5.66. The number of carbonyl (C=O) groups is 1. The van der Waals surface area contributed by atoms with Gasteiger partial charge in [-0.15, -0.1) is 0 Å². The zero-order valence-electron chi connectivity index (χ0n) is 14.4. The molecule has 2 aromatic carbocycles. The van der Waals surface area contributed by atoms with Gasteiger partial charge in [0.05, 0.1) is 4.90 Å². The molecule has 0 amide bonds. The first kappa shape index (κ1) is 19.5. The van der Waals surface area contributed by atoms with Gasteiger partial charge in [0.15, 0.2) is 21.1 Å². The topological polar surface area (TPSA) is 119 Å². The third-order valence-electron chi connectivity index (χ3n) is 4.00. The molecule has 0 aliphatic carbocycles. The molecule has 1 atom stereocenters. The molecule has 0 aliphatic heterocycles. The number of carboxylic acids is 1. The first-order chi connectivity index (χ1) is 12.2. The number of nitrogens with zero attached hydrogens (tertiary/aromatic N) is 1. The number of benzene rings is 2. The van der Waals surface area contributed by atoms with E-state index < -0.39 is 21.4 Å². The van der Waals surface area contributed by atoms with Gasteiger partial charge < -0.3 is 15.7 Å². The van der Waals surface area contributed by atoms with Gasteiger partial charge in [0.1, 0.15) is 5.75 Å². The molecule has 2 aromatic rings. The molecule has 0 saturated heterocycles. The number of rotatable bonds is 7. The summed E-state index contributed by atoms with van der Waals surface area (Å²) in [4.78, 5) is 11.9. The number of nitrogens with two attached hydrogens (primary N) is 1. The minimum absolute atomic E-state index is 0.137. The van der Waals surface area contributed by atoms with Crippen LogP contribution in [0.3, 0.4) is 0 Å². The van der Waals surface area contributed by atoms with Crippen molar-refractivity contribution in [1.29, 1.82) is 0 Å². The number of hydrogen-bond donors (Lipinski definition) is 2. The molecule has 0 fully saturated rings. The summed E-state index contributed by atoms with van der Waals surface area (Å²) in [6.45, 7) is 1.76. The minimum atomic E-state index is -3.35. The molecule has 1 unspecified atom stereocenters. The fourth-order valence-corrected chi connectivity index (χ4v) is 3.31. The van der Waals surface area contributed by atoms with Gasteiger partial charge in [-0.3, -0.25) is 0 Å². The van der Waals surface area contributed by atoms with Crippen LogP contribution in [0.25, 0.3) is 0 Å². The van der Waals surface area contributed by atoms with Gasteiger partial charge in [-0.05, 0) is 30.7 Å². The van der Waals surface area contributed by atoms with E-state index in [1.807, 2.05) is 0 Å². The molecule has 7 nitrogen and oxygen atoms in total. The SMILES string of the molecule is CCC(Oc1ccc(S(C)(=O)=O)cc1)(C(=NN)C(=O)O)c1ccccc1. The number of ether oxygens (including phenoxy) is 1. The Morgan fingerprint density at radius 2 is 1.73 bits per heavy atom. The van der Waals surface area contributed by atoms with Crippen LogP contribution in [0.2, 0.25) is 0 Å². The van der Waals surface area contributed by atoms with Crippen molar-refractivity contribution in [2.45, 2.75) is 23.8 Å². The third-order valence-corrected chi connectivity index (χ3v) is 5.12. The predicted molar refractivity (Wildman–Crippen MR) is 97.8 cm³/mol. The maximum atomic E-state index is 11.7. The van der Waals surface area contributed by atoms with E-state index in [0.717, 1.165) is 6.26 Å². The Bertz CT molecular complexity index is 908. The highest BCUT2D eigenvalue weighted by Crippen LogP contribution is 2.34. The summed E-state index contributed by atoms with van der Waals surface area (Å²) in [5, 5.41) is 13.0. The Hall–Kier alpha value is -2.87. The second-order valence-electron chi connectivity index (χ2n) is 5.68. The smallest absolute Gasteiger partial charge is 0.356 e. The highest BCUT2D eigenvalue weighted by atomic mass is 32.2. The van der Waals surface area contributed by atoms with Crippen LogP contribution in [-0.4, -0.2) is 31.5 Å². The van der Waals surface area contributed by atoms with E-state index in [-0.39, 0.29) is 17.0 Å². The average Bonchev–Trinajstić information content (AvgIpc) is 2.61. The largest absolute Gasteiger partial charge is 0.477 e. The van der Waals surface area contributed by atoms with Crippen LogP contribution >= 0.6 is 0 Å². The number of aliphatic carboxylic acids is 1. The van der Waals surface area contributed by atoms with E-state index in [4.69, 9.17) is 10.6 Å². The summed E-state index contributed by atoms with van der Waals surface area (Å²) in [6, 6.07) is 14.5. The second kappa shape index (κ2) is 7.57. The lowest BCUT2D eigenvalue weighted by atomic mass is 9.85. The Balaban J connectivity index is 2.56. The summed E-state index contributed by atoms with van der Waals surface area (Å²) < 4.78 is 29.2. The van der Waals surface area contributed by atoms with E-state index >= 15 is 0 Å². The molecule has 8 heteroatoms. The number of hydrazone groups is 1. The first-order valence-corrected chi connectivity index (χ1v) is 9.70. The van der Waals surface area contributed by atoms with Crippen molar-refractivity contribution in [3.8, 4) is 5.75 Å². The summed E-state index contributed by atoms with van der Waals surface area (Å²) in [5.74, 6) is 4.35. The monoisotopic (exact) mass is 376 g/mol. The predicted octanol–water partition coefficient (Wildman–Crippen LogP) is 2.17. The minimum Gasteiger partial charge on any atom is -0.477 e. The zero-order chi connectivity index (χ0) is 19.4. The Morgan fingerprint density at radius 1 is 1.15 bits per heavy atom. The van der Waals surface area contributed by atoms with E-state index in [0.29, 0.717) is 11.3 Å². The van der Waals surface area contributed by atoms with Crippen LogP contribution in [0.1, 0.15) is 18.9 Å². The van der Waals surface area contributed by atoms with Gasteiger partial charge in [0.2, 0.25) is 0 Å². The van der Waals surface area contributed by atoms with E-state index in [2.05, 4.69) is 5.10 Å². The van der Waals surface area contributed by atoms with Crippen molar-refractivity contribution in [2.75, 3.05) is 6.26 Å². The molecule has 0 aliphatic rings. The number of carboxylic acid groups (broad SMARTS) is 1. The number of hydrogen-bond acceptors (Lipinski definition) is 6. The van der Waals surface area contributed by atoms with Crippen molar-refractivity contribution in [1.82, 2.24) is 0 Å². The van der Waals surface area contributed by atoms with Crippen LogP contribution < -0.4 is 10.6 Å². The average molecular weight is 376 g/mol. The standard InChI is InChI=1S/C18H20N2O5S/c1-3-18(16(20-19)17(21)22,13-7-5-4-6-8-13)25-14-9-11-15(12-10-14)26(2,23)24/h4-12H,3,19H2,1-2H3,(H,21,22). The molecule has 2 rings (SSSR count). The molecule has 26 heavy (non-hydrogen) atoms. The third kappa shape index (κ3) is 3.85. The van der Waals surface area contributed by atoms with Crippen molar-refractivity contribution in [2.24, 2.45) is 10.9 Å². The van der Waals surface area contributed by atoms with E-state index in [9.17, 15) is 18.3 Å². The molecule has 0 bridgehead atoms. The molecule has 0 spiro atoms. The van der Waals surface area contributed by atoms with Crippen LogP contribution in [0.5, 0.6) is 5.75 Å². The highest BCUT2D eigenvalue weighted by Gasteiger charge is 2.43. The first-order valence-electron chi connectivity index (χ1n) is 7.81. The van der Waals surface area contributed by atoms with Gasteiger partial charge in [-0.2, -0.15) is 5.10 Å². The summed E-state index contributed by atoms with van der Waals surface area (Å²) >= 11 is 0. The maximum Gasteiger partial charge on any atom is 0.356 e. The molecule has 0 heterocycles. The van der Waals surface area contributed by atoms with Crippen molar-refractivity contribution >= 4 is 21.5 Å². The molecule has 0 aromatic heterocycles. The van der Waals surface area contributed by atoms with Crippen molar-refractivity contribution < 1.29 is 23.1 Å². The van der Waals surface area contributed by atoms with E-state index in [1.165, 1.54) is 24.3 Å². The lowest BCUT2D eigenvalue weighted by Crippen LogP contribution is -2.46. The quantitative estimate of drug-likeness (QED) is 0.434. The lowest BCUT2D eigenvalue weighted by molar-refractivity contribution is -0.130. The van der Waals surface area contributed by atoms with Crippen molar-refractivity contribution in [3.05, 3.63) is 60.2 Å². The summed E-state index contributed by atoms with van der Waals surface area (Å²) in [7, 11) is -3.35. The normalized spacial score (nSPS) is 14.5. The lowest BCUT2D eigenvalue weighted by Gasteiger charge is -2.33. The second-order valence-corrected chi connectivity index (χ2v) is 7.69. The van der Waals surface area contributed by atoms with Crippen LogP contribution in [0.4, 0.5) is 0 Å². The Labute approximate surface area is 152 Å².